The zero-order valence-corrected chi connectivity index (χ0v) is 28.0. The molecular weight excluding hydrogens is 674 g/mol. The minimum Gasteiger partial charge on any atom is -0.283 e. The summed E-state index contributed by atoms with van der Waals surface area (Å²) in [5, 5.41) is -5.05. The first-order valence-corrected chi connectivity index (χ1v) is 17.2. The smallest absolute Gasteiger partial charge is 0.283 e. The molecule has 2 atom stereocenters. The molecule has 0 amide bonds. The number of benzene rings is 5. The number of hydrogen-bond donors (Lipinski definition) is 1. The van der Waals surface area contributed by atoms with Crippen LogP contribution in [-0.4, -0.2) is 36.0 Å². The lowest BCUT2D eigenvalue weighted by molar-refractivity contribution is -0.264. The Kier molecular flexibility index (Phi) is 8.85. The van der Waals surface area contributed by atoms with Crippen LogP contribution in [-0.2, 0) is 16.5 Å². The molecule has 50 heavy (non-hydrogen) atoms. The molecule has 0 spiro atoms. The van der Waals surface area contributed by atoms with E-state index in [4.69, 9.17) is 4.55 Å². The molecule has 7 rings (SSSR count). The van der Waals surface area contributed by atoms with Crippen molar-refractivity contribution >= 4 is 10.1 Å². The molecule has 0 fully saturated rings. The van der Waals surface area contributed by atoms with E-state index in [9.17, 15) is 34.8 Å². The molecule has 2 aliphatic carbocycles. The largest absolute Gasteiger partial charge is 0.367 e. The normalized spacial score (nSPS) is 20.0. The highest BCUT2D eigenvalue weighted by Crippen LogP contribution is 2.54. The molecule has 5 aromatic rings. The Bertz CT molecular complexity index is 2210. The predicted octanol–water partition coefficient (Wildman–Crippen LogP) is 10.9. The number of fused-ring (bicyclic) bond motifs is 3. The summed E-state index contributed by atoms with van der Waals surface area (Å²) in [6, 6.07) is 37.9. The van der Waals surface area contributed by atoms with Crippen LogP contribution in [0.15, 0.2) is 115 Å². The molecule has 5 aromatic carbocycles. The number of hydrogen-bond acceptors (Lipinski definition) is 2. The quantitative estimate of drug-likeness (QED) is 0.113. The number of allylic oxidation sites excluding steroid dienone is 1. The standard InChI is InChI=1S/C34H28.C6H4F6O3S/c1-22-18-23(2)32(24(3)19-22)34-31-20-27-16-10-11-17-28(27)30(31)21-29(25-12-6-4-7-13-25)33(34)26-14-8-5-9-15-26;7-3-1-2-4(8,16(13,14)15)6(11,12)5(3,9)10/h4-19,21H,20H2,1-3H3;1-3H,(H,13,14,15). The summed E-state index contributed by atoms with van der Waals surface area (Å²) in [6.45, 7) is 6.74. The highest BCUT2D eigenvalue weighted by Gasteiger charge is 2.79. The summed E-state index contributed by atoms with van der Waals surface area (Å²) in [7, 11) is -6.18. The Labute approximate surface area is 286 Å². The van der Waals surface area contributed by atoms with Gasteiger partial charge >= 0.3 is 27.0 Å². The summed E-state index contributed by atoms with van der Waals surface area (Å²) in [4.78, 5) is 0. The third-order valence-electron chi connectivity index (χ3n) is 9.23. The molecule has 0 saturated carbocycles. The predicted molar refractivity (Wildman–Crippen MR) is 185 cm³/mol. The summed E-state index contributed by atoms with van der Waals surface area (Å²) in [5.74, 6) is -11.5. The molecule has 2 unspecified atom stereocenters. The van der Waals surface area contributed by atoms with Gasteiger partial charge in [0.1, 0.15) is 0 Å². The number of aryl methyl sites for hydroxylation is 3. The second-order valence-electron chi connectivity index (χ2n) is 12.6. The van der Waals surface area contributed by atoms with Crippen LogP contribution in [0.3, 0.4) is 0 Å². The van der Waals surface area contributed by atoms with Gasteiger partial charge in [0.05, 0.1) is 0 Å². The lowest BCUT2D eigenvalue weighted by Gasteiger charge is -2.37. The fourth-order valence-electron chi connectivity index (χ4n) is 6.96. The molecule has 0 aliphatic heterocycles. The van der Waals surface area contributed by atoms with Crippen LogP contribution in [0.25, 0.3) is 44.5 Å². The Balaban J connectivity index is 0.000000228. The zero-order chi connectivity index (χ0) is 36.2. The minimum absolute atomic E-state index is 0.384. The first-order chi connectivity index (χ1) is 23.5. The van der Waals surface area contributed by atoms with Crippen LogP contribution < -0.4 is 0 Å². The van der Waals surface area contributed by atoms with Crippen LogP contribution in [0.4, 0.5) is 26.3 Å². The van der Waals surface area contributed by atoms with Gasteiger partial charge < -0.3 is 0 Å². The Hall–Kier alpha value is -4.67. The monoisotopic (exact) mass is 706 g/mol. The van der Waals surface area contributed by atoms with E-state index in [1.807, 2.05) is 0 Å². The average Bonchev–Trinajstić information content (AvgIpc) is 3.44. The summed E-state index contributed by atoms with van der Waals surface area (Å²) >= 11 is 0. The molecule has 0 heterocycles. The highest BCUT2D eigenvalue weighted by molar-refractivity contribution is 7.87. The van der Waals surface area contributed by atoms with Gasteiger partial charge in [-0.2, -0.15) is 26.0 Å². The van der Waals surface area contributed by atoms with E-state index in [-0.39, 0.29) is 6.08 Å². The lowest BCUT2D eigenvalue weighted by Crippen LogP contribution is -2.64. The zero-order valence-electron chi connectivity index (χ0n) is 27.2. The van der Waals surface area contributed by atoms with Crippen molar-refractivity contribution in [2.45, 2.75) is 50.2 Å². The van der Waals surface area contributed by atoms with Gasteiger partial charge in [0.25, 0.3) is 0 Å². The van der Waals surface area contributed by atoms with Crippen molar-refractivity contribution in [1.29, 1.82) is 0 Å². The van der Waals surface area contributed by atoms with Gasteiger partial charge in [-0.3, -0.25) is 4.55 Å². The van der Waals surface area contributed by atoms with E-state index in [0.717, 1.165) is 6.42 Å². The summed E-state index contributed by atoms with van der Waals surface area (Å²) < 4.78 is 105. The fourth-order valence-corrected chi connectivity index (χ4v) is 7.67. The molecule has 0 aromatic heterocycles. The Morgan fingerprint density at radius 1 is 0.660 bits per heavy atom. The molecular formula is C40H32F6O3S. The van der Waals surface area contributed by atoms with Gasteiger partial charge in [-0.1, -0.05) is 103 Å². The van der Waals surface area contributed by atoms with Gasteiger partial charge in [-0.05, 0) is 112 Å². The van der Waals surface area contributed by atoms with E-state index in [1.54, 1.807) is 0 Å². The third-order valence-corrected chi connectivity index (χ3v) is 10.4. The highest BCUT2D eigenvalue weighted by atomic mass is 32.2. The molecule has 2 aliphatic rings. The molecule has 3 nitrogen and oxygen atoms in total. The van der Waals surface area contributed by atoms with E-state index in [1.165, 1.54) is 72.3 Å². The van der Waals surface area contributed by atoms with E-state index in [0.29, 0.717) is 0 Å². The van der Waals surface area contributed by atoms with Crippen molar-refractivity contribution in [1.82, 2.24) is 0 Å². The maximum absolute atomic E-state index is 13.2. The van der Waals surface area contributed by atoms with Gasteiger partial charge in [0.15, 0.2) is 6.17 Å². The maximum Gasteiger partial charge on any atom is 0.367 e. The van der Waals surface area contributed by atoms with Gasteiger partial charge in [0, 0.05) is 0 Å². The molecule has 0 saturated heterocycles. The number of halogens is 6. The van der Waals surface area contributed by atoms with Crippen molar-refractivity contribution in [2.24, 2.45) is 0 Å². The Morgan fingerprint density at radius 3 is 1.78 bits per heavy atom. The topological polar surface area (TPSA) is 54.4 Å². The summed E-state index contributed by atoms with van der Waals surface area (Å²) in [6.07, 6.45) is -3.59. The fraction of sp³-hybridized carbons (Fsp3) is 0.200. The first-order valence-electron chi connectivity index (χ1n) is 15.7. The van der Waals surface area contributed by atoms with Gasteiger partial charge in [-0.15, -0.1) is 0 Å². The van der Waals surface area contributed by atoms with Crippen LogP contribution >= 0.6 is 0 Å². The van der Waals surface area contributed by atoms with Crippen LogP contribution in [0.5, 0.6) is 0 Å². The van der Waals surface area contributed by atoms with E-state index < -0.39 is 39.2 Å². The van der Waals surface area contributed by atoms with Crippen molar-refractivity contribution < 1.29 is 39.3 Å². The molecule has 1 N–H and O–H groups in total. The first kappa shape index (κ1) is 35.2. The Morgan fingerprint density at radius 2 is 1.20 bits per heavy atom. The SMILES string of the molecule is Cc1cc(C)c(-c2c3c(cc(-c4ccccc4)c2-c2ccccc2)-c2ccccc2C3)c(C)c1.O=S(=O)(O)C1(F)C=CC(F)C(F)(F)C1(F)F. The van der Waals surface area contributed by atoms with Crippen molar-refractivity contribution in [3.05, 3.63) is 143 Å². The molecule has 0 radical (unpaired) electrons. The number of rotatable bonds is 4. The molecule has 0 bridgehead atoms. The minimum atomic E-state index is -6.18. The number of alkyl halides is 6. The van der Waals surface area contributed by atoms with Crippen LogP contribution in [0, 0.1) is 20.8 Å². The average molecular weight is 707 g/mol. The van der Waals surface area contributed by atoms with Gasteiger partial charge in [0.2, 0.25) is 0 Å². The van der Waals surface area contributed by atoms with E-state index in [2.05, 4.69) is 124 Å². The third kappa shape index (κ3) is 5.64. The van der Waals surface area contributed by atoms with Crippen molar-refractivity contribution in [2.75, 3.05) is 0 Å². The second kappa shape index (κ2) is 12.6. The van der Waals surface area contributed by atoms with Crippen molar-refractivity contribution in [3.8, 4) is 44.5 Å². The molecule has 10 heteroatoms. The second-order valence-corrected chi connectivity index (χ2v) is 14.2. The van der Waals surface area contributed by atoms with Crippen LogP contribution in [0.2, 0.25) is 0 Å². The van der Waals surface area contributed by atoms with E-state index >= 15 is 0 Å². The van der Waals surface area contributed by atoms with Gasteiger partial charge in [-0.25, -0.2) is 8.78 Å². The van der Waals surface area contributed by atoms with Crippen molar-refractivity contribution in [3.63, 3.8) is 0 Å². The summed E-state index contributed by atoms with van der Waals surface area (Å²) in [5.41, 5.74) is 17.6. The molecule has 258 valence electrons. The van der Waals surface area contributed by atoms with Crippen LogP contribution in [0.1, 0.15) is 27.8 Å². The lowest BCUT2D eigenvalue weighted by atomic mass is 9.80. The maximum atomic E-state index is 13.2.